The van der Waals surface area contributed by atoms with Crippen molar-refractivity contribution >= 4 is 29.6 Å². The quantitative estimate of drug-likeness (QED) is 0.0920. The number of carboxylic acid groups (broad SMARTS) is 1. The van der Waals surface area contributed by atoms with Crippen LogP contribution in [0.15, 0.2) is 98.6 Å². The lowest BCUT2D eigenvalue weighted by Gasteiger charge is -2.69. The number of nitrogens with two attached hydrogens (primary N) is 2. The van der Waals surface area contributed by atoms with Gasteiger partial charge in [-0.3, -0.25) is 14.6 Å². The number of allylic oxidation sites excluding steroid dienone is 3. The van der Waals surface area contributed by atoms with Gasteiger partial charge < -0.3 is 31.9 Å². The van der Waals surface area contributed by atoms with Gasteiger partial charge in [0, 0.05) is 64.5 Å². The second kappa shape index (κ2) is 11.9. The van der Waals surface area contributed by atoms with Crippen molar-refractivity contribution in [3.63, 3.8) is 0 Å². The first-order chi connectivity index (χ1) is 27.0. The molecule has 1 aromatic rings. The van der Waals surface area contributed by atoms with Crippen LogP contribution in [0.25, 0.3) is 6.08 Å². The fourth-order valence-electron chi connectivity index (χ4n) is 15.2. The van der Waals surface area contributed by atoms with Gasteiger partial charge in [-0.1, -0.05) is 95.7 Å². The van der Waals surface area contributed by atoms with E-state index in [1.54, 1.807) is 0 Å². The van der Waals surface area contributed by atoms with Crippen LogP contribution in [-0.4, -0.2) is 67.3 Å². The highest BCUT2D eigenvalue weighted by Gasteiger charge is 2.84. The van der Waals surface area contributed by atoms with Crippen molar-refractivity contribution in [1.82, 2.24) is 0 Å². The Morgan fingerprint density at radius 2 is 1.72 bits per heavy atom. The van der Waals surface area contributed by atoms with Gasteiger partial charge in [-0.05, 0) is 89.4 Å². The van der Waals surface area contributed by atoms with Crippen LogP contribution in [0.4, 0.5) is 0 Å². The summed E-state index contributed by atoms with van der Waals surface area (Å²) in [6.45, 7) is 13.7. The molecule has 0 radical (unpaired) electrons. The third-order valence-electron chi connectivity index (χ3n) is 17.5. The fourth-order valence-corrected chi connectivity index (χ4v) is 15.2. The Labute approximate surface area is 340 Å². The number of nitrogens with zero attached hydrogens (tertiary/aromatic N) is 1. The fraction of sp³-hybridized carbons (Fsp3) is 0.542. The molecule has 10 heteroatoms. The molecule has 3 fully saturated rings. The number of ketones is 2. The van der Waals surface area contributed by atoms with Crippen molar-refractivity contribution in [3.8, 4) is 0 Å². The molecule has 0 spiro atoms. The van der Waals surface area contributed by atoms with Crippen LogP contribution in [-0.2, 0) is 14.4 Å². The number of rotatable bonds is 6. The lowest BCUT2D eigenvalue weighted by Crippen LogP contribution is -2.71. The van der Waals surface area contributed by atoms with Gasteiger partial charge in [-0.25, -0.2) is 4.79 Å². The maximum absolute atomic E-state index is 15.5. The molecule has 10 nitrogen and oxygen atoms in total. The molecule has 58 heavy (non-hydrogen) atoms. The highest BCUT2D eigenvalue weighted by Crippen LogP contribution is 2.83. The standard InChI is InChI=1S/C48H57N3O7/c1-24(40(54)55)20-46(56)29-16-14-27-19-28-21-47(57)30(15-13-26-11-9-8-10-12-26)38-42(3,4)33(53)17-18-43(38,5)36-32(52)22-44(6)35(25(2)31(46)23-51-41(49)50)37(34(27)29)48(28,58)45(44,7)39(36)47/h8-13,15-16,20-21,25,30-31,35,37-38,56-58H,14,17-19,22-23H2,1-7H3,(H,54,55)(H4,49,50,51)/t25-,30-,31+,35-,37-,38?,43+,44-,45-,46-,47+,48-/m0/s1. The van der Waals surface area contributed by atoms with Crippen LogP contribution in [0.2, 0.25) is 0 Å². The first kappa shape index (κ1) is 39.1. The second-order valence-corrected chi connectivity index (χ2v) is 20.2. The van der Waals surface area contributed by atoms with Crippen molar-refractivity contribution in [2.24, 2.45) is 73.6 Å². The Kier molecular flexibility index (Phi) is 8.01. The minimum atomic E-state index is -1.82. The van der Waals surface area contributed by atoms with Crippen molar-refractivity contribution < 1.29 is 34.8 Å². The van der Waals surface area contributed by atoms with Gasteiger partial charge in [-0.2, -0.15) is 0 Å². The molecule has 8 N–H and O–H groups in total. The number of hydrogen-bond donors (Lipinski definition) is 6. The molecule has 0 amide bonds. The zero-order valence-electron chi connectivity index (χ0n) is 34.6. The van der Waals surface area contributed by atoms with E-state index in [0.717, 1.165) is 16.7 Å². The second-order valence-electron chi connectivity index (χ2n) is 20.2. The predicted molar refractivity (Wildman–Crippen MR) is 220 cm³/mol. The summed E-state index contributed by atoms with van der Waals surface area (Å²) in [6.07, 6.45) is 11.0. The SMILES string of the molecule is CC(=C[C@]1(O)C2=CCC3=C2[C@H]2[C@H]([C@@H](C)[C@H]1CN=C(N)N)[C@]1(C)CC(=O)C4=C5[C@]1(C)[C@]2(O)C(=C[C@@]5(O)[C@@H](C=Cc1ccccc1)C1C(C)(C)C(=O)CC[C@]41C)C3)C(=O)O. The number of hydrogen-bond acceptors (Lipinski definition) is 7. The van der Waals surface area contributed by atoms with Gasteiger partial charge >= 0.3 is 5.97 Å². The Morgan fingerprint density at radius 3 is 2.38 bits per heavy atom. The number of carbonyl (C=O) groups excluding carboxylic acids is 2. The average Bonchev–Trinajstić information content (AvgIpc) is 3.61. The van der Waals surface area contributed by atoms with Crippen molar-refractivity contribution in [1.29, 1.82) is 0 Å². The number of aliphatic carboxylic acids is 1. The Bertz CT molecular complexity index is 2330. The van der Waals surface area contributed by atoms with Crippen LogP contribution in [0.3, 0.4) is 0 Å². The molecule has 0 saturated heterocycles. The first-order valence-electron chi connectivity index (χ1n) is 20.9. The maximum atomic E-state index is 15.5. The van der Waals surface area contributed by atoms with Gasteiger partial charge in [0.2, 0.25) is 0 Å². The van der Waals surface area contributed by atoms with E-state index in [0.29, 0.717) is 48.0 Å². The van der Waals surface area contributed by atoms with E-state index in [-0.39, 0.29) is 36.1 Å². The number of aliphatic imine (C=N–C) groups is 1. The summed E-state index contributed by atoms with van der Waals surface area (Å²) in [5, 5.41) is 51.5. The molecular weight excluding hydrogens is 731 g/mol. The summed E-state index contributed by atoms with van der Waals surface area (Å²) in [5.74, 6) is -4.63. The zero-order chi connectivity index (χ0) is 41.9. The maximum Gasteiger partial charge on any atom is 0.331 e. The van der Waals surface area contributed by atoms with Gasteiger partial charge in [-0.15, -0.1) is 0 Å². The number of guanidine groups is 1. The van der Waals surface area contributed by atoms with Gasteiger partial charge in [0.15, 0.2) is 11.7 Å². The molecule has 3 saturated carbocycles. The molecule has 306 valence electrons. The Hall–Kier alpha value is -4.38. The molecule has 1 unspecified atom stereocenters. The summed E-state index contributed by atoms with van der Waals surface area (Å²) < 4.78 is 0. The van der Waals surface area contributed by atoms with Crippen LogP contribution in [0.5, 0.6) is 0 Å². The van der Waals surface area contributed by atoms with Gasteiger partial charge in [0.05, 0.1) is 0 Å². The summed E-state index contributed by atoms with van der Waals surface area (Å²) in [5.41, 5.74) is 8.02. The molecule has 9 rings (SSSR count). The van der Waals surface area contributed by atoms with E-state index >= 15 is 4.79 Å². The summed E-state index contributed by atoms with van der Waals surface area (Å²) >= 11 is 0. The lowest BCUT2D eigenvalue weighted by atomic mass is 9.35. The zero-order valence-corrected chi connectivity index (χ0v) is 34.6. The molecule has 8 aliphatic carbocycles. The number of benzene rings is 1. The molecular formula is C48H57N3O7. The largest absolute Gasteiger partial charge is 0.478 e. The van der Waals surface area contributed by atoms with Crippen LogP contribution in [0.1, 0.15) is 86.1 Å². The normalized spacial score (nSPS) is 44.4. The molecule has 1 aromatic carbocycles. The summed E-state index contributed by atoms with van der Waals surface area (Å²) in [6, 6.07) is 9.89. The van der Waals surface area contributed by atoms with E-state index in [1.165, 1.54) is 13.0 Å². The van der Waals surface area contributed by atoms with Crippen LogP contribution >= 0.6 is 0 Å². The first-order valence-corrected chi connectivity index (χ1v) is 20.9. The topological polar surface area (TPSA) is 197 Å². The molecule has 0 bridgehead atoms. The minimum absolute atomic E-state index is 0.0263. The molecule has 0 aliphatic heterocycles. The summed E-state index contributed by atoms with van der Waals surface area (Å²) in [7, 11) is 0. The number of fused-ring (bicyclic) bond motifs is 3. The van der Waals surface area contributed by atoms with Gasteiger partial charge in [0.1, 0.15) is 22.6 Å². The number of aliphatic hydroxyl groups is 3. The predicted octanol–water partition coefficient (Wildman–Crippen LogP) is 5.60. The monoisotopic (exact) mass is 787 g/mol. The van der Waals surface area contributed by atoms with E-state index < -0.39 is 79.9 Å². The highest BCUT2D eigenvalue weighted by molar-refractivity contribution is 6.02. The van der Waals surface area contributed by atoms with Crippen molar-refractivity contribution in [3.05, 3.63) is 99.2 Å². The van der Waals surface area contributed by atoms with Gasteiger partial charge in [0.25, 0.3) is 0 Å². The molecule has 0 aromatic heterocycles. The molecule has 8 aliphatic rings. The smallest absolute Gasteiger partial charge is 0.331 e. The molecule has 0 heterocycles. The Morgan fingerprint density at radius 1 is 1.03 bits per heavy atom. The van der Waals surface area contributed by atoms with Crippen LogP contribution < -0.4 is 11.5 Å². The van der Waals surface area contributed by atoms with Crippen molar-refractivity contribution in [2.45, 2.75) is 97.4 Å². The van der Waals surface area contributed by atoms with Crippen molar-refractivity contribution in [2.75, 3.05) is 6.54 Å². The third-order valence-corrected chi connectivity index (χ3v) is 17.5. The number of Topliss-reactive ketones (excluding diaryl/α,β-unsaturated/α-hetero) is 2. The average molecular weight is 788 g/mol. The minimum Gasteiger partial charge on any atom is -0.478 e. The van der Waals surface area contributed by atoms with E-state index in [1.807, 2.05) is 69.3 Å². The van der Waals surface area contributed by atoms with E-state index in [4.69, 9.17) is 11.5 Å². The van der Waals surface area contributed by atoms with E-state index in [9.17, 15) is 30.0 Å². The van der Waals surface area contributed by atoms with Crippen LogP contribution in [0, 0.1) is 57.2 Å². The highest BCUT2D eigenvalue weighted by atomic mass is 16.4. The Balaban J connectivity index is 1.38. The lowest BCUT2D eigenvalue weighted by molar-refractivity contribution is -0.164. The number of carbonyl (C=O) groups is 3. The number of carboxylic acids is 1. The third kappa shape index (κ3) is 4.39. The summed E-state index contributed by atoms with van der Waals surface area (Å²) in [4.78, 5) is 46.4. The van der Waals surface area contributed by atoms with E-state index in [2.05, 4.69) is 31.8 Å². The molecule has 12 atom stereocenters.